The first-order valence-electron chi connectivity index (χ1n) is 7.24. The third-order valence-electron chi connectivity index (χ3n) is 4.08. The SMILES string of the molecule is COc1ccc(C(CC2(O)C=CCCC2)N(C)C)cc1. The molecule has 0 saturated heterocycles. The van der Waals surface area contributed by atoms with Crippen molar-refractivity contribution in [2.75, 3.05) is 21.2 Å². The van der Waals surface area contributed by atoms with Crippen LogP contribution in [0.5, 0.6) is 5.75 Å². The van der Waals surface area contributed by atoms with E-state index in [1.807, 2.05) is 18.2 Å². The number of benzene rings is 1. The van der Waals surface area contributed by atoms with Crippen molar-refractivity contribution in [3.63, 3.8) is 0 Å². The molecule has 2 atom stereocenters. The molecule has 1 aliphatic carbocycles. The van der Waals surface area contributed by atoms with Crippen LogP contribution in [-0.4, -0.2) is 36.8 Å². The molecular formula is C17H25NO2. The van der Waals surface area contributed by atoms with E-state index >= 15 is 0 Å². The normalized spacial score (nSPS) is 23.9. The molecule has 2 rings (SSSR count). The molecule has 20 heavy (non-hydrogen) atoms. The summed E-state index contributed by atoms with van der Waals surface area (Å²) < 4.78 is 5.21. The minimum atomic E-state index is -0.673. The van der Waals surface area contributed by atoms with E-state index < -0.39 is 5.60 Å². The smallest absolute Gasteiger partial charge is 0.118 e. The van der Waals surface area contributed by atoms with Crippen LogP contribution < -0.4 is 4.74 Å². The van der Waals surface area contributed by atoms with Gasteiger partial charge in [0, 0.05) is 6.04 Å². The fraction of sp³-hybridized carbons (Fsp3) is 0.529. The molecule has 0 spiro atoms. The molecule has 1 aliphatic rings. The van der Waals surface area contributed by atoms with Crippen LogP contribution in [0.3, 0.4) is 0 Å². The van der Waals surface area contributed by atoms with Crippen LogP contribution >= 0.6 is 0 Å². The molecule has 0 fully saturated rings. The molecule has 3 heteroatoms. The van der Waals surface area contributed by atoms with Crippen LogP contribution in [0.4, 0.5) is 0 Å². The summed E-state index contributed by atoms with van der Waals surface area (Å²) in [7, 11) is 5.80. The van der Waals surface area contributed by atoms with Crippen molar-refractivity contribution >= 4 is 0 Å². The summed E-state index contributed by atoms with van der Waals surface area (Å²) in [4.78, 5) is 2.17. The predicted octanol–water partition coefficient (Wildman–Crippen LogP) is 3.16. The fourth-order valence-corrected chi connectivity index (χ4v) is 2.84. The molecule has 0 saturated carbocycles. The molecule has 2 unspecified atom stereocenters. The highest BCUT2D eigenvalue weighted by molar-refractivity contribution is 5.29. The van der Waals surface area contributed by atoms with Crippen LogP contribution in [0.25, 0.3) is 0 Å². The number of hydrogen-bond acceptors (Lipinski definition) is 3. The van der Waals surface area contributed by atoms with Crippen molar-refractivity contribution in [2.24, 2.45) is 0 Å². The zero-order valence-corrected chi connectivity index (χ0v) is 12.7. The van der Waals surface area contributed by atoms with Crippen LogP contribution in [0.15, 0.2) is 36.4 Å². The average molecular weight is 275 g/mol. The van der Waals surface area contributed by atoms with Gasteiger partial charge in [-0.25, -0.2) is 0 Å². The number of hydrogen-bond donors (Lipinski definition) is 1. The zero-order chi connectivity index (χ0) is 14.6. The molecule has 110 valence electrons. The second kappa shape index (κ2) is 6.42. The first-order valence-corrected chi connectivity index (χ1v) is 7.24. The average Bonchev–Trinajstić information content (AvgIpc) is 2.45. The molecule has 0 aromatic heterocycles. The minimum absolute atomic E-state index is 0.202. The predicted molar refractivity (Wildman–Crippen MR) is 82.0 cm³/mol. The van der Waals surface area contributed by atoms with Gasteiger partial charge in [0.2, 0.25) is 0 Å². The van der Waals surface area contributed by atoms with Crippen molar-refractivity contribution in [1.82, 2.24) is 4.90 Å². The Morgan fingerprint density at radius 1 is 1.30 bits per heavy atom. The monoisotopic (exact) mass is 275 g/mol. The summed E-state index contributed by atoms with van der Waals surface area (Å²) in [5.41, 5.74) is 0.538. The minimum Gasteiger partial charge on any atom is -0.497 e. The Morgan fingerprint density at radius 2 is 2.00 bits per heavy atom. The first-order chi connectivity index (χ1) is 9.54. The Bertz CT molecular complexity index is 453. The number of aliphatic hydroxyl groups is 1. The Kier molecular flexibility index (Phi) is 4.84. The summed E-state index contributed by atoms with van der Waals surface area (Å²) >= 11 is 0. The highest BCUT2D eigenvalue weighted by Gasteiger charge is 2.30. The summed E-state index contributed by atoms with van der Waals surface area (Å²) in [5, 5.41) is 10.7. The van der Waals surface area contributed by atoms with E-state index in [1.165, 1.54) is 5.56 Å². The van der Waals surface area contributed by atoms with E-state index in [0.29, 0.717) is 0 Å². The number of ether oxygens (including phenoxy) is 1. The van der Waals surface area contributed by atoms with Gasteiger partial charge in [0.25, 0.3) is 0 Å². The molecule has 3 nitrogen and oxygen atoms in total. The molecule has 0 bridgehead atoms. The third kappa shape index (κ3) is 3.62. The standard InChI is InChI=1S/C17H25NO2/c1-18(2)16(13-17(19)11-5-4-6-12-17)14-7-9-15(20-3)10-8-14/h5,7-11,16,19H,4,6,12-13H2,1-3H3. The lowest BCUT2D eigenvalue weighted by atomic mass is 9.83. The summed E-state index contributed by atoms with van der Waals surface area (Å²) in [6, 6.07) is 8.33. The Morgan fingerprint density at radius 3 is 2.50 bits per heavy atom. The molecule has 1 aromatic carbocycles. The molecular weight excluding hydrogens is 250 g/mol. The Hall–Kier alpha value is -1.32. The summed E-state index contributed by atoms with van der Waals surface area (Å²) in [6.45, 7) is 0. The van der Waals surface area contributed by atoms with Crippen molar-refractivity contribution in [3.05, 3.63) is 42.0 Å². The lowest BCUT2D eigenvalue weighted by molar-refractivity contribution is 0.0392. The first kappa shape index (κ1) is 15.1. The highest BCUT2D eigenvalue weighted by Crippen LogP contribution is 2.34. The second-order valence-corrected chi connectivity index (χ2v) is 5.85. The number of rotatable bonds is 5. The Balaban J connectivity index is 2.17. The van der Waals surface area contributed by atoms with Gasteiger partial charge in [-0.2, -0.15) is 0 Å². The van der Waals surface area contributed by atoms with Gasteiger partial charge in [-0.3, -0.25) is 0 Å². The molecule has 1 N–H and O–H groups in total. The van der Waals surface area contributed by atoms with Crippen molar-refractivity contribution in [3.8, 4) is 5.75 Å². The maximum atomic E-state index is 10.7. The largest absolute Gasteiger partial charge is 0.497 e. The van der Waals surface area contributed by atoms with Gasteiger partial charge in [0.15, 0.2) is 0 Å². The van der Waals surface area contributed by atoms with Gasteiger partial charge in [-0.05, 0) is 57.5 Å². The lowest BCUT2D eigenvalue weighted by Crippen LogP contribution is -2.34. The molecule has 1 aromatic rings. The molecule has 0 radical (unpaired) electrons. The van der Waals surface area contributed by atoms with Crippen LogP contribution in [0.1, 0.15) is 37.3 Å². The zero-order valence-electron chi connectivity index (χ0n) is 12.7. The number of nitrogens with zero attached hydrogens (tertiary/aromatic N) is 1. The van der Waals surface area contributed by atoms with E-state index in [9.17, 15) is 5.11 Å². The second-order valence-electron chi connectivity index (χ2n) is 5.85. The summed E-state index contributed by atoms with van der Waals surface area (Å²) in [5.74, 6) is 0.863. The number of allylic oxidation sites excluding steroid dienone is 1. The van der Waals surface area contributed by atoms with E-state index in [-0.39, 0.29) is 6.04 Å². The van der Waals surface area contributed by atoms with Gasteiger partial charge in [-0.15, -0.1) is 0 Å². The van der Waals surface area contributed by atoms with Gasteiger partial charge in [0.1, 0.15) is 5.75 Å². The van der Waals surface area contributed by atoms with Crippen molar-refractivity contribution in [2.45, 2.75) is 37.3 Å². The van der Waals surface area contributed by atoms with Crippen LogP contribution in [0, 0.1) is 0 Å². The maximum absolute atomic E-state index is 10.7. The van der Waals surface area contributed by atoms with E-state index in [4.69, 9.17) is 4.74 Å². The molecule has 0 heterocycles. The Labute approximate surface area is 121 Å². The molecule has 0 aliphatic heterocycles. The fourth-order valence-electron chi connectivity index (χ4n) is 2.84. The van der Waals surface area contributed by atoms with E-state index in [2.05, 4.69) is 37.2 Å². The van der Waals surface area contributed by atoms with Gasteiger partial charge in [0.05, 0.1) is 12.7 Å². The van der Waals surface area contributed by atoms with Gasteiger partial charge < -0.3 is 14.7 Å². The van der Waals surface area contributed by atoms with Crippen molar-refractivity contribution < 1.29 is 9.84 Å². The summed E-state index contributed by atoms with van der Waals surface area (Å²) in [6.07, 6.45) is 7.81. The topological polar surface area (TPSA) is 32.7 Å². The van der Waals surface area contributed by atoms with Gasteiger partial charge >= 0.3 is 0 Å². The van der Waals surface area contributed by atoms with Crippen molar-refractivity contribution in [1.29, 1.82) is 0 Å². The number of methoxy groups -OCH3 is 1. The quantitative estimate of drug-likeness (QED) is 0.838. The third-order valence-corrected chi connectivity index (χ3v) is 4.08. The van der Waals surface area contributed by atoms with Crippen LogP contribution in [-0.2, 0) is 0 Å². The van der Waals surface area contributed by atoms with E-state index in [0.717, 1.165) is 31.4 Å². The van der Waals surface area contributed by atoms with Gasteiger partial charge in [-0.1, -0.05) is 24.3 Å². The lowest BCUT2D eigenvalue weighted by Gasteiger charge is -2.35. The van der Waals surface area contributed by atoms with Crippen LogP contribution in [0.2, 0.25) is 0 Å². The maximum Gasteiger partial charge on any atom is 0.118 e. The highest BCUT2D eigenvalue weighted by atomic mass is 16.5. The molecule has 0 amide bonds. The van der Waals surface area contributed by atoms with E-state index in [1.54, 1.807) is 7.11 Å².